The van der Waals surface area contributed by atoms with Crippen LogP contribution in [0.25, 0.3) is 5.69 Å². The fourth-order valence-electron chi connectivity index (χ4n) is 2.13. The van der Waals surface area contributed by atoms with Crippen LogP contribution in [0.1, 0.15) is 31.7 Å². The molecule has 2 aromatic rings. The summed E-state index contributed by atoms with van der Waals surface area (Å²) in [6.45, 7) is 6.15. The predicted octanol–water partition coefficient (Wildman–Crippen LogP) is 3.59. The second kappa shape index (κ2) is 6.73. The molecule has 0 radical (unpaired) electrons. The van der Waals surface area contributed by atoms with E-state index in [0.29, 0.717) is 0 Å². The molecular formula is C15H20ClN3. The Balaban J connectivity index is 2.34. The maximum Gasteiger partial charge on any atom is 0.112 e. The molecule has 3 nitrogen and oxygen atoms in total. The van der Waals surface area contributed by atoms with Crippen molar-refractivity contribution in [1.82, 2.24) is 14.9 Å². The van der Waals surface area contributed by atoms with Gasteiger partial charge in [0.1, 0.15) is 5.82 Å². The lowest BCUT2D eigenvalue weighted by atomic mass is 10.1. The van der Waals surface area contributed by atoms with Crippen LogP contribution in [0.5, 0.6) is 0 Å². The van der Waals surface area contributed by atoms with Crippen molar-refractivity contribution >= 4 is 11.6 Å². The van der Waals surface area contributed by atoms with Crippen LogP contribution in [0.4, 0.5) is 0 Å². The Kier molecular flexibility index (Phi) is 5.00. The van der Waals surface area contributed by atoms with Gasteiger partial charge in [0.05, 0.1) is 5.69 Å². The second-order valence-corrected chi connectivity index (χ2v) is 4.95. The van der Waals surface area contributed by atoms with Crippen LogP contribution in [0.2, 0.25) is 5.02 Å². The summed E-state index contributed by atoms with van der Waals surface area (Å²) in [7, 11) is 0. The van der Waals surface area contributed by atoms with E-state index >= 15 is 0 Å². The van der Waals surface area contributed by atoms with E-state index < -0.39 is 0 Å². The number of aromatic nitrogens is 2. The molecule has 1 aromatic heterocycles. The van der Waals surface area contributed by atoms with Crippen LogP contribution >= 0.6 is 11.6 Å². The molecular weight excluding hydrogens is 258 g/mol. The highest BCUT2D eigenvalue weighted by Crippen LogP contribution is 2.21. The van der Waals surface area contributed by atoms with Gasteiger partial charge in [0, 0.05) is 30.4 Å². The molecule has 0 fully saturated rings. The highest BCUT2D eigenvalue weighted by Gasteiger charge is 2.09. The molecule has 0 spiro atoms. The smallest absolute Gasteiger partial charge is 0.112 e. The van der Waals surface area contributed by atoms with Gasteiger partial charge in [0.2, 0.25) is 0 Å². The first-order valence-electron chi connectivity index (χ1n) is 6.78. The maximum absolute atomic E-state index is 6.14. The van der Waals surface area contributed by atoms with Gasteiger partial charge in [0.25, 0.3) is 0 Å². The van der Waals surface area contributed by atoms with Crippen LogP contribution in [0.3, 0.4) is 0 Å². The molecule has 0 aliphatic rings. The number of imidazole rings is 1. The van der Waals surface area contributed by atoms with Crippen LogP contribution in [0, 0.1) is 0 Å². The zero-order valence-corrected chi connectivity index (χ0v) is 12.2. The van der Waals surface area contributed by atoms with E-state index in [9.17, 15) is 0 Å². The number of aryl methyl sites for hydroxylation is 1. The third kappa shape index (κ3) is 3.37. The van der Waals surface area contributed by atoms with E-state index in [1.165, 1.54) is 5.56 Å². The zero-order chi connectivity index (χ0) is 13.7. The summed E-state index contributed by atoms with van der Waals surface area (Å²) in [6, 6.07) is 6.03. The molecule has 1 aromatic carbocycles. The van der Waals surface area contributed by atoms with Gasteiger partial charge in [-0.1, -0.05) is 31.5 Å². The number of halogens is 1. The summed E-state index contributed by atoms with van der Waals surface area (Å²) in [4.78, 5) is 4.38. The Morgan fingerprint density at radius 3 is 2.89 bits per heavy atom. The first-order valence-corrected chi connectivity index (χ1v) is 7.15. The van der Waals surface area contributed by atoms with Gasteiger partial charge < -0.3 is 9.88 Å². The Morgan fingerprint density at radius 1 is 1.32 bits per heavy atom. The standard InChI is InChI=1S/C15H20ClN3/c1-3-7-17-11-12-5-6-13(16)10-14(12)19-9-8-18-15(19)4-2/h5-6,8-10,17H,3-4,7,11H2,1-2H3. The molecule has 0 atom stereocenters. The molecule has 0 saturated carbocycles. The monoisotopic (exact) mass is 277 g/mol. The van der Waals surface area contributed by atoms with Gasteiger partial charge in [0.15, 0.2) is 0 Å². The van der Waals surface area contributed by atoms with E-state index in [-0.39, 0.29) is 0 Å². The normalized spacial score (nSPS) is 10.9. The number of hydrogen-bond acceptors (Lipinski definition) is 2. The summed E-state index contributed by atoms with van der Waals surface area (Å²) in [5.41, 5.74) is 2.36. The average molecular weight is 278 g/mol. The Morgan fingerprint density at radius 2 is 2.16 bits per heavy atom. The summed E-state index contributed by atoms with van der Waals surface area (Å²) in [5, 5.41) is 4.19. The zero-order valence-electron chi connectivity index (χ0n) is 11.5. The summed E-state index contributed by atoms with van der Waals surface area (Å²) in [5.74, 6) is 1.05. The third-order valence-electron chi connectivity index (χ3n) is 3.08. The van der Waals surface area contributed by atoms with Crippen molar-refractivity contribution in [3.05, 3.63) is 47.0 Å². The minimum Gasteiger partial charge on any atom is -0.313 e. The lowest BCUT2D eigenvalue weighted by Crippen LogP contribution is -2.16. The molecule has 0 saturated heterocycles. The number of rotatable bonds is 6. The van der Waals surface area contributed by atoms with Crippen molar-refractivity contribution in [3.8, 4) is 5.69 Å². The number of nitrogens with zero attached hydrogens (tertiary/aromatic N) is 2. The van der Waals surface area contributed by atoms with Crippen molar-refractivity contribution < 1.29 is 0 Å². The molecule has 0 bridgehead atoms. The third-order valence-corrected chi connectivity index (χ3v) is 3.32. The van der Waals surface area contributed by atoms with Crippen LogP contribution < -0.4 is 5.32 Å². The van der Waals surface area contributed by atoms with Gasteiger partial charge in [-0.2, -0.15) is 0 Å². The maximum atomic E-state index is 6.14. The SMILES string of the molecule is CCCNCc1ccc(Cl)cc1-n1ccnc1CC. The van der Waals surface area contributed by atoms with E-state index in [1.807, 2.05) is 24.5 Å². The lowest BCUT2D eigenvalue weighted by Gasteiger charge is -2.13. The summed E-state index contributed by atoms with van der Waals surface area (Å²) in [6.07, 6.45) is 5.87. The first kappa shape index (κ1) is 14.1. The van der Waals surface area contributed by atoms with Crippen LogP contribution in [-0.4, -0.2) is 16.1 Å². The molecule has 2 rings (SSSR count). The molecule has 19 heavy (non-hydrogen) atoms. The second-order valence-electron chi connectivity index (χ2n) is 4.52. The van der Waals surface area contributed by atoms with E-state index in [4.69, 9.17) is 11.6 Å². The average Bonchev–Trinajstić information content (AvgIpc) is 2.88. The number of hydrogen-bond donors (Lipinski definition) is 1. The first-order chi connectivity index (χ1) is 9.26. The van der Waals surface area contributed by atoms with E-state index in [0.717, 1.165) is 42.5 Å². The topological polar surface area (TPSA) is 29.9 Å². The molecule has 1 N–H and O–H groups in total. The summed E-state index contributed by atoms with van der Waals surface area (Å²) >= 11 is 6.14. The van der Waals surface area contributed by atoms with Crippen molar-refractivity contribution in [2.75, 3.05) is 6.54 Å². The molecule has 102 valence electrons. The Labute approximate surface area is 119 Å². The van der Waals surface area contributed by atoms with Gasteiger partial charge in [-0.05, 0) is 30.7 Å². The van der Waals surface area contributed by atoms with Crippen molar-refractivity contribution in [2.24, 2.45) is 0 Å². The largest absolute Gasteiger partial charge is 0.313 e. The Bertz CT molecular complexity index is 534. The van der Waals surface area contributed by atoms with Gasteiger partial charge in [-0.25, -0.2) is 4.98 Å². The van der Waals surface area contributed by atoms with Gasteiger partial charge in [-0.3, -0.25) is 0 Å². The fraction of sp³-hybridized carbons (Fsp3) is 0.400. The lowest BCUT2D eigenvalue weighted by molar-refractivity contribution is 0.672. The molecule has 0 aliphatic carbocycles. The van der Waals surface area contributed by atoms with Crippen molar-refractivity contribution in [2.45, 2.75) is 33.2 Å². The van der Waals surface area contributed by atoms with Crippen molar-refractivity contribution in [3.63, 3.8) is 0 Å². The molecule has 1 heterocycles. The minimum atomic E-state index is 0.755. The molecule has 0 aliphatic heterocycles. The predicted molar refractivity (Wildman–Crippen MR) is 79.9 cm³/mol. The van der Waals surface area contributed by atoms with Gasteiger partial charge in [-0.15, -0.1) is 0 Å². The van der Waals surface area contributed by atoms with Gasteiger partial charge >= 0.3 is 0 Å². The van der Waals surface area contributed by atoms with E-state index in [1.54, 1.807) is 0 Å². The van der Waals surface area contributed by atoms with Crippen LogP contribution in [0.15, 0.2) is 30.6 Å². The van der Waals surface area contributed by atoms with Crippen molar-refractivity contribution in [1.29, 1.82) is 0 Å². The van der Waals surface area contributed by atoms with Crippen LogP contribution in [-0.2, 0) is 13.0 Å². The minimum absolute atomic E-state index is 0.755. The Hall–Kier alpha value is -1.32. The number of benzene rings is 1. The summed E-state index contributed by atoms with van der Waals surface area (Å²) < 4.78 is 2.12. The highest BCUT2D eigenvalue weighted by atomic mass is 35.5. The molecule has 0 amide bonds. The van der Waals surface area contributed by atoms with E-state index in [2.05, 4.69) is 34.8 Å². The highest BCUT2D eigenvalue weighted by molar-refractivity contribution is 6.30. The fourth-order valence-corrected chi connectivity index (χ4v) is 2.29. The molecule has 4 heteroatoms. The quantitative estimate of drug-likeness (QED) is 0.818. The molecule has 0 unspecified atom stereocenters. The number of nitrogens with one attached hydrogen (secondary N) is 1.